The maximum Gasteiger partial charge on any atom is 0.315 e. The van der Waals surface area contributed by atoms with E-state index in [9.17, 15) is 10.1 Å². The Morgan fingerprint density at radius 2 is 1.62 bits per heavy atom. The fourth-order valence-electron chi connectivity index (χ4n) is 2.87. The fourth-order valence-corrected chi connectivity index (χ4v) is 2.87. The van der Waals surface area contributed by atoms with E-state index < -0.39 is 4.92 Å². The summed E-state index contributed by atoms with van der Waals surface area (Å²) in [7, 11) is 0. The number of oxazole rings is 1. The van der Waals surface area contributed by atoms with Crippen molar-refractivity contribution in [2.75, 3.05) is 62.4 Å². The molecular formula is C14H17N5O5. The first kappa shape index (κ1) is 15.1. The zero-order valence-corrected chi connectivity index (χ0v) is 13.0. The van der Waals surface area contributed by atoms with Crippen LogP contribution in [0.3, 0.4) is 0 Å². The Labute approximate surface area is 137 Å². The molecule has 128 valence electrons. The third-order valence-electron chi connectivity index (χ3n) is 4.12. The minimum Gasteiger partial charge on any atom is -0.421 e. The number of anilines is 2. The van der Waals surface area contributed by atoms with E-state index in [1.807, 2.05) is 9.80 Å². The summed E-state index contributed by atoms with van der Waals surface area (Å²) in [6.07, 6.45) is 0. The standard InChI is InChI=1S/C14H17N5O5/c20-19(21)10-9-11-12(15-13(10)17-1-5-22-6-2-17)16-14(24-11)18-3-7-23-8-4-18/h9H,1-8H2. The van der Waals surface area contributed by atoms with E-state index in [1.165, 1.54) is 6.07 Å². The Morgan fingerprint density at radius 1 is 1.00 bits per heavy atom. The van der Waals surface area contributed by atoms with E-state index in [1.54, 1.807) is 0 Å². The predicted octanol–water partition coefficient (Wildman–Crippen LogP) is 0.804. The molecule has 2 aliphatic rings. The van der Waals surface area contributed by atoms with Gasteiger partial charge in [0.05, 0.1) is 37.4 Å². The Morgan fingerprint density at radius 3 is 2.25 bits per heavy atom. The summed E-state index contributed by atoms with van der Waals surface area (Å²) in [6, 6.07) is 1.83. The number of hydrogen-bond acceptors (Lipinski definition) is 9. The quantitative estimate of drug-likeness (QED) is 0.594. The smallest absolute Gasteiger partial charge is 0.315 e. The minimum absolute atomic E-state index is 0.0749. The molecule has 2 aliphatic heterocycles. The predicted molar refractivity (Wildman–Crippen MR) is 84.5 cm³/mol. The molecule has 4 rings (SSSR count). The maximum atomic E-state index is 11.4. The van der Waals surface area contributed by atoms with E-state index in [2.05, 4.69) is 9.97 Å². The van der Waals surface area contributed by atoms with Crippen molar-refractivity contribution in [3.63, 3.8) is 0 Å². The molecule has 10 nitrogen and oxygen atoms in total. The second-order valence-corrected chi connectivity index (χ2v) is 5.61. The molecule has 0 saturated carbocycles. The van der Waals surface area contributed by atoms with Crippen molar-refractivity contribution < 1.29 is 18.8 Å². The van der Waals surface area contributed by atoms with Gasteiger partial charge in [0, 0.05) is 26.2 Å². The Hall–Kier alpha value is -2.46. The average Bonchev–Trinajstić information content (AvgIpc) is 3.05. The van der Waals surface area contributed by atoms with Gasteiger partial charge in [-0.15, -0.1) is 0 Å². The normalized spacial score (nSPS) is 19.0. The highest BCUT2D eigenvalue weighted by atomic mass is 16.6. The maximum absolute atomic E-state index is 11.4. The van der Waals surface area contributed by atoms with Gasteiger partial charge in [-0.05, 0) is 0 Å². The number of aromatic nitrogens is 2. The molecule has 0 N–H and O–H groups in total. The first-order valence-electron chi connectivity index (χ1n) is 7.84. The number of ether oxygens (including phenoxy) is 2. The Bertz CT molecular complexity index is 751. The Balaban J connectivity index is 1.74. The van der Waals surface area contributed by atoms with E-state index in [0.717, 1.165) is 0 Å². The second-order valence-electron chi connectivity index (χ2n) is 5.61. The van der Waals surface area contributed by atoms with E-state index in [0.29, 0.717) is 75.7 Å². The van der Waals surface area contributed by atoms with Crippen LogP contribution in [0.5, 0.6) is 0 Å². The van der Waals surface area contributed by atoms with Gasteiger partial charge in [-0.25, -0.2) is 4.98 Å². The van der Waals surface area contributed by atoms with Crippen molar-refractivity contribution >= 4 is 28.8 Å². The van der Waals surface area contributed by atoms with Gasteiger partial charge in [0.2, 0.25) is 11.5 Å². The molecule has 4 heterocycles. The van der Waals surface area contributed by atoms with Crippen LogP contribution in [0.25, 0.3) is 11.2 Å². The zero-order chi connectivity index (χ0) is 16.5. The molecule has 2 aromatic rings. The lowest BCUT2D eigenvalue weighted by Crippen LogP contribution is -2.37. The highest BCUT2D eigenvalue weighted by molar-refractivity contribution is 5.78. The van der Waals surface area contributed by atoms with E-state index >= 15 is 0 Å². The van der Waals surface area contributed by atoms with Gasteiger partial charge in [-0.3, -0.25) is 10.1 Å². The van der Waals surface area contributed by atoms with Crippen LogP contribution in [-0.4, -0.2) is 67.5 Å². The molecule has 0 radical (unpaired) electrons. The minimum atomic E-state index is -0.436. The van der Waals surface area contributed by atoms with Gasteiger partial charge in [-0.1, -0.05) is 0 Å². The SMILES string of the molecule is O=[N+]([O-])c1cc2oc(N3CCOCC3)nc2nc1N1CCOCC1. The highest BCUT2D eigenvalue weighted by Crippen LogP contribution is 2.32. The van der Waals surface area contributed by atoms with Crippen LogP contribution in [0.1, 0.15) is 0 Å². The monoisotopic (exact) mass is 335 g/mol. The molecule has 10 heteroatoms. The van der Waals surface area contributed by atoms with E-state index in [4.69, 9.17) is 13.9 Å². The summed E-state index contributed by atoms with van der Waals surface area (Å²) < 4.78 is 16.3. The van der Waals surface area contributed by atoms with Gasteiger partial charge < -0.3 is 23.7 Å². The lowest BCUT2D eigenvalue weighted by atomic mass is 10.3. The number of pyridine rings is 1. The number of nitro groups is 1. The van der Waals surface area contributed by atoms with Crippen LogP contribution < -0.4 is 9.80 Å². The summed E-state index contributed by atoms with van der Waals surface area (Å²) in [5, 5.41) is 11.4. The molecule has 0 aliphatic carbocycles. The summed E-state index contributed by atoms with van der Waals surface area (Å²) in [4.78, 5) is 23.6. The van der Waals surface area contributed by atoms with Gasteiger partial charge in [0.25, 0.3) is 6.01 Å². The summed E-state index contributed by atoms with van der Waals surface area (Å²) >= 11 is 0. The lowest BCUT2D eigenvalue weighted by molar-refractivity contribution is -0.384. The molecule has 2 saturated heterocycles. The molecule has 24 heavy (non-hydrogen) atoms. The lowest BCUT2D eigenvalue weighted by Gasteiger charge is -2.27. The Kier molecular flexibility index (Phi) is 3.90. The van der Waals surface area contributed by atoms with Crippen LogP contribution in [-0.2, 0) is 9.47 Å². The number of rotatable bonds is 3. The summed E-state index contributed by atoms with van der Waals surface area (Å²) in [6.45, 7) is 4.72. The molecule has 2 aromatic heterocycles. The van der Waals surface area contributed by atoms with Crippen molar-refractivity contribution in [2.45, 2.75) is 0 Å². The average molecular weight is 335 g/mol. The number of fused-ring (bicyclic) bond motifs is 1. The topological polar surface area (TPSA) is 107 Å². The van der Waals surface area contributed by atoms with Gasteiger partial charge >= 0.3 is 5.69 Å². The molecule has 0 spiro atoms. The number of morpholine rings is 2. The zero-order valence-electron chi connectivity index (χ0n) is 13.0. The van der Waals surface area contributed by atoms with Crippen LogP contribution in [0, 0.1) is 10.1 Å². The highest BCUT2D eigenvalue weighted by Gasteiger charge is 2.27. The van der Waals surface area contributed by atoms with Gasteiger partial charge in [0.15, 0.2) is 5.58 Å². The number of hydrogen-bond donors (Lipinski definition) is 0. The largest absolute Gasteiger partial charge is 0.421 e. The second kappa shape index (κ2) is 6.21. The van der Waals surface area contributed by atoms with Crippen molar-refractivity contribution in [2.24, 2.45) is 0 Å². The summed E-state index contributed by atoms with van der Waals surface area (Å²) in [5.74, 6) is 0.317. The molecular weight excluding hydrogens is 318 g/mol. The summed E-state index contributed by atoms with van der Waals surface area (Å²) in [5.41, 5.74) is 0.623. The van der Waals surface area contributed by atoms with Gasteiger partial charge in [0.1, 0.15) is 0 Å². The molecule has 0 unspecified atom stereocenters. The van der Waals surface area contributed by atoms with Crippen molar-refractivity contribution in [1.29, 1.82) is 0 Å². The van der Waals surface area contributed by atoms with Crippen molar-refractivity contribution in [3.05, 3.63) is 16.2 Å². The van der Waals surface area contributed by atoms with Crippen LogP contribution in [0.15, 0.2) is 10.5 Å². The third kappa shape index (κ3) is 2.74. The molecule has 0 aromatic carbocycles. The van der Waals surface area contributed by atoms with Gasteiger partial charge in [-0.2, -0.15) is 4.98 Å². The van der Waals surface area contributed by atoms with Crippen molar-refractivity contribution in [1.82, 2.24) is 9.97 Å². The third-order valence-corrected chi connectivity index (χ3v) is 4.12. The first-order valence-corrected chi connectivity index (χ1v) is 7.84. The van der Waals surface area contributed by atoms with Crippen LogP contribution in [0.2, 0.25) is 0 Å². The molecule has 0 atom stereocenters. The fraction of sp³-hybridized carbons (Fsp3) is 0.571. The first-order chi connectivity index (χ1) is 11.7. The van der Waals surface area contributed by atoms with Crippen LogP contribution >= 0.6 is 0 Å². The van der Waals surface area contributed by atoms with Crippen molar-refractivity contribution in [3.8, 4) is 0 Å². The van der Waals surface area contributed by atoms with Crippen LogP contribution in [0.4, 0.5) is 17.5 Å². The molecule has 2 fully saturated rings. The molecule has 0 amide bonds. The number of nitrogens with zero attached hydrogens (tertiary/aromatic N) is 5. The van der Waals surface area contributed by atoms with E-state index in [-0.39, 0.29) is 5.69 Å². The molecule has 0 bridgehead atoms.